The molecule has 4 aliphatic heterocycles. The first-order chi connectivity index (χ1) is 28.4. The lowest BCUT2D eigenvalue weighted by Crippen LogP contribution is -2.56. The highest BCUT2D eigenvalue weighted by atomic mass is 16.7. The van der Waals surface area contributed by atoms with Gasteiger partial charge in [-0.15, -0.1) is 0 Å². The summed E-state index contributed by atoms with van der Waals surface area (Å²) in [6.07, 6.45) is 3.88. The quantitative estimate of drug-likeness (QED) is 0.0763. The van der Waals surface area contributed by atoms with Crippen molar-refractivity contribution in [2.24, 2.45) is 32.2 Å². The Morgan fingerprint density at radius 2 is 1.52 bits per heavy atom. The number of hydrogen-bond acceptors (Lipinski definition) is 13. The summed E-state index contributed by atoms with van der Waals surface area (Å²) in [5.41, 5.74) is 4.44. The van der Waals surface area contributed by atoms with E-state index in [0.29, 0.717) is 49.9 Å². The second kappa shape index (κ2) is 17.2. The minimum atomic E-state index is -0.435. The van der Waals surface area contributed by atoms with E-state index in [4.69, 9.17) is 34.6 Å². The van der Waals surface area contributed by atoms with Crippen LogP contribution in [0.4, 0.5) is 11.4 Å². The maximum Gasteiger partial charge on any atom is 0.252 e. The van der Waals surface area contributed by atoms with Crippen molar-refractivity contribution in [3.8, 4) is 22.8 Å². The van der Waals surface area contributed by atoms with E-state index in [0.717, 1.165) is 61.0 Å². The average Bonchev–Trinajstić information content (AvgIpc) is 3.54. The smallest absolute Gasteiger partial charge is 0.252 e. The molecule has 4 aliphatic rings. The molecule has 328 valence electrons. The van der Waals surface area contributed by atoms with Crippen LogP contribution in [0.2, 0.25) is 0 Å². The monoisotopic (exact) mass is 832 g/mol. The van der Waals surface area contributed by atoms with Crippen LogP contribution in [0.5, 0.6) is 11.5 Å². The Hall–Kier alpha value is -4.28. The Labute approximate surface area is 355 Å². The number of hydrazone groups is 1. The lowest BCUT2D eigenvalue weighted by atomic mass is 9.82. The molecule has 5 heterocycles. The van der Waals surface area contributed by atoms with E-state index in [1.807, 2.05) is 43.8 Å². The maximum absolute atomic E-state index is 9.95. The van der Waals surface area contributed by atoms with Gasteiger partial charge in [0.05, 0.1) is 50.2 Å². The first-order valence-corrected chi connectivity index (χ1v) is 21.4. The zero-order chi connectivity index (χ0) is 43.0. The van der Waals surface area contributed by atoms with Crippen molar-refractivity contribution in [1.82, 2.24) is 9.90 Å². The van der Waals surface area contributed by atoms with Gasteiger partial charge in [-0.3, -0.25) is 4.99 Å². The van der Waals surface area contributed by atoms with Crippen LogP contribution in [0.1, 0.15) is 74.3 Å². The normalized spacial score (nSPS) is 22.7. The van der Waals surface area contributed by atoms with E-state index < -0.39 is 6.29 Å². The first kappa shape index (κ1) is 43.8. The van der Waals surface area contributed by atoms with Crippen LogP contribution < -0.4 is 29.8 Å². The zero-order valence-corrected chi connectivity index (χ0v) is 37.1. The van der Waals surface area contributed by atoms with Crippen molar-refractivity contribution in [3.05, 3.63) is 48.2 Å². The number of nitrogens with two attached hydrogens (primary N) is 1. The molecular formula is C45H67N8O7+. The number of ether oxygens (including phenoxy) is 5. The molecule has 4 N–H and O–H groups in total. The highest BCUT2D eigenvalue weighted by Crippen LogP contribution is 2.40. The predicted molar refractivity (Wildman–Crippen MR) is 232 cm³/mol. The second-order valence-corrected chi connectivity index (χ2v) is 19.8. The molecule has 2 atom stereocenters. The molecule has 3 aromatic rings. The van der Waals surface area contributed by atoms with Crippen molar-refractivity contribution in [2.45, 2.75) is 112 Å². The molecule has 1 aromatic heterocycles. The molecule has 0 spiro atoms. The Morgan fingerprint density at radius 1 is 0.917 bits per heavy atom. The van der Waals surface area contributed by atoms with E-state index in [1.54, 1.807) is 6.21 Å². The Balaban J connectivity index is 1.15. The van der Waals surface area contributed by atoms with E-state index in [2.05, 4.69) is 90.5 Å². The van der Waals surface area contributed by atoms with E-state index in [1.165, 1.54) is 0 Å². The number of aromatic nitrogens is 3. The number of aliphatic hydroxyl groups is 2. The zero-order valence-electron chi connectivity index (χ0n) is 37.1. The molecular weight excluding hydrogens is 765 g/mol. The molecule has 0 bridgehead atoms. The Bertz CT molecular complexity index is 2020. The van der Waals surface area contributed by atoms with Crippen molar-refractivity contribution in [1.29, 1.82) is 0 Å². The highest BCUT2D eigenvalue weighted by Gasteiger charge is 2.41. The first-order valence-electron chi connectivity index (χ1n) is 21.4. The van der Waals surface area contributed by atoms with Gasteiger partial charge in [-0.05, 0) is 63.7 Å². The van der Waals surface area contributed by atoms with Crippen molar-refractivity contribution in [3.63, 3.8) is 0 Å². The summed E-state index contributed by atoms with van der Waals surface area (Å²) in [7, 11) is 0. The number of hydrogen-bond donors (Lipinski definition) is 3. The van der Waals surface area contributed by atoms with Crippen LogP contribution in [-0.4, -0.2) is 121 Å². The van der Waals surface area contributed by atoms with Crippen molar-refractivity contribution >= 4 is 23.3 Å². The van der Waals surface area contributed by atoms with E-state index in [-0.39, 0.29) is 53.4 Å². The van der Waals surface area contributed by atoms with Crippen LogP contribution in [0.3, 0.4) is 0 Å². The van der Waals surface area contributed by atoms with Gasteiger partial charge in [0.2, 0.25) is 0 Å². The largest absolute Gasteiger partial charge is 0.490 e. The molecule has 2 unspecified atom stereocenters. The summed E-state index contributed by atoms with van der Waals surface area (Å²) in [5, 5.41) is 29.1. The van der Waals surface area contributed by atoms with Gasteiger partial charge in [0.25, 0.3) is 5.69 Å². The fourth-order valence-electron chi connectivity index (χ4n) is 8.45. The SMILES string of the molecule is CC(C)Oc1cc(N2CC(C)(CO)C2)ccc1-c1c[n+](CC2CC(C)(C)O2)n(CC(C)Oc2cc(N3CC(C)(CO)C3)ccc2/C(C=NCC2OCC(C)(C)CO2)=N/N)n1. The summed E-state index contributed by atoms with van der Waals surface area (Å²) in [5.74, 6) is 7.38. The number of anilines is 2. The van der Waals surface area contributed by atoms with Gasteiger partial charge in [-0.2, -0.15) is 9.78 Å². The van der Waals surface area contributed by atoms with E-state index >= 15 is 0 Å². The lowest BCUT2D eigenvalue weighted by Gasteiger charge is -2.48. The van der Waals surface area contributed by atoms with Gasteiger partial charge < -0.3 is 49.5 Å². The molecule has 60 heavy (non-hydrogen) atoms. The molecule has 0 aliphatic carbocycles. The third kappa shape index (κ3) is 10.1. The third-order valence-corrected chi connectivity index (χ3v) is 11.7. The van der Waals surface area contributed by atoms with Gasteiger partial charge in [-0.25, -0.2) is 0 Å². The van der Waals surface area contributed by atoms with Crippen LogP contribution in [-0.2, 0) is 27.3 Å². The summed E-state index contributed by atoms with van der Waals surface area (Å²) in [6, 6.07) is 12.3. The summed E-state index contributed by atoms with van der Waals surface area (Å²) < 4.78 is 33.4. The topological polar surface area (TPSA) is 166 Å². The molecule has 4 fully saturated rings. The molecule has 0 saturated carbocycles. The molecule has 15 heteroatoms. The molecule has 0 amide bonds. The Kier molecular flexibility index (Phi) is 12.6. The predicted octanol–water partition coefficient (Wildman–Crippen LogP) is 4.43. The summed E-state index contributed by atoms with van der Waals surface area (Å²) in [4.78, 5) is 11.1. The third-order valence-electron chi connectivity index (χ3n) is 11.7. The standard InChI is InChI=1S/C45H67N8O7/c1-30(2)58-39-14-32(50-22-44(8,23-50)26-54)11-13-36(39)38-21-52(20-34-16-43(6,7)60-34)53(49-38)19-31(3)59-40-15-33(51-24-45(9,25-51)27-55)10-12-35(40)37(48-46)17-47-18-41-56-28-42(4,5)29-57-41/h10-15,17,21,30-31,34,41,54-55H,16,18-20,22-29,46H2,1-9H3/q+1/b47-17?,48-37+. The van der Waals surface area contributed by atoms with Crippen molar-refractivity contribution < 1.29 is 38.6 Å². The fourth-order valence-corrected chi connectivity index (χ4v) is 8.45. The number of aliphatic imine (C=N–C) groups is 1. The van der Waals surface area contributed by atoms with Gasteiger partial charge in [0.15, 0.2) is 12.5 Å². The van der Waals surface area contributed by atoms with Crippen LogP contribution in [0.15, 0.2) is 52.7 Å². The van der Waals surface area contributed by atoms with Crippen molar-refractivity contribution in [2.75, 3.05) is 69.0 Å². The summed E-state index contributed by atoms with van der Waals surface area (Å²) >= 11 is 0. The van der Waals surface area contributed by atoms with Crippen LogP contribution in [0.25, 0.3) is 11.3 Å². The average molecular weight is 832 g/mol. The second-order valence-electron chi connectivity index (χ2n) is 19.8. The maximum atomic E-state index is 9.95. The van der Waals surface area contributed by atoms with E-state index in [9.17, 15) is 10.2 Å². The molecule has 15 nitrogen and oxygen atoms in total. The van der Waals surface area contributed by atoms with Gasteiger partial charge in [0, 0.05) is 89.2 Å². The minimum Gasteiger partial charge on any atom is -0.490 e. The number of aliphatic hydroxyl groups excluding tert-OH is 2. The number of nitrogens with zero attached hydrogens (tertiary/aromatic N) is 7. The Morgan fingerprint density at radius 3 is 2.08 bits per heavy atom. The highest BCUT2D eigenvalue weighted by molar-refractivity contribution is 6.39. The molecule has 7 rings (SSSR count). The molecule has 4 saturated heterocycles. The van der Waals surface area contributed by atoms with Crippen LogP contribution >= 0.6 is 0 Å². The molecule has 2 aromatic carbocycles. The molecule has 0 radical (unpaired) electrons. The van der Waals surface area contributed by atoms with Gasteiger partial charge in [-0.1, -0.05) is 27.7 Å². The summed E-state index contributed by atoms with van der Waals surface area (Å²) in [6.45, 7) is 24.6. The fraction of sp³-hybridized carbons (Fsp3) is 0.644. The van der Waals surface area contributed by atoms with Gasteiger partial charge in [0.1, 0.15) is 42.5 Å². The minimum absolute atomic E-state index is 0.0336. The number of rotatable bonds is 17. The van der Waals surface area contributed by atoms with Crippen LogP contribution in [0, 0.1) is 16.2 Å². The lowest BCUT2D eigenvalue weighted by molar-refractivity contribution is -0.788. The van der Waals surface area contributed by atoms with Gasteiger partial charge >= 0.3 is 0 Å². The number of benzene rings is 2.